The molecule has 16 heavy (non-hydrogen) atoms. The van der Waals surface area contributed by atoms with Crippen molar-refractivity contribution in [1.82, 2.24) is 20.1 Å². The largest absolute Gasteiger partial charge is 0.390 e. The van der Waals surface area contributed by atoms with Crippen LogP contribution >= 0.6 is 0 Å². The molecular formula is C9H15F3N4. The maximum absolute atomic E-state index is 12.1. The number of aromatic nitrogens is 3. The van der Waals surface area contributed by atoms with Crippen molar-refractivity contribution in [2.24, 2.45) is 7.05 Å². The van der Waals surface area contributed by atoms with Crippen LogP contribution < -0.4 is 5.32 Å². The Kier molecular flexibility index (Phi) is 3.90. The van der Waals surface area contributed by atoms with Crippen LogP contribution in [-0.2, 0) is 7.05 Å². The van der Waals surface area contributed by atoms with E-state index in [0.29, 0.717) is 5.82 Å². The molecule has 1 rings (SSSR count). The molecule has 0 amide bonds. The summed E-state index contributed by atoms with van der Waals surface area (Å²) < 4.78 is 38.0. The van der Waals surface area contributed by atoms with E-state index in [9.17, 15) is 13.2 Å². The van der Waals surface area contributed by atoms with E-state index in [1.165, 1.54) is 13.3 Å². The molecule has 4 nitrogen and oxygen atoms in total. The Balaban J connectivity index is 2.52. The Morgan fingerprint density at radius 1 is 1.44 bits per heavy atom. The van der Waals surface area contributed by atoms with Crippen molar-refractivity contribution < 1.29 is 13.2 Å². The van der Waals surface area contributed by atoms with Crippen LogP contribution in [0.15, 0.2) is 6.33 Å². The summed E-state index contributed by atoms with van der Waals surface area (Å²) in [6.07, 6.45) is -3.48. The van der Waals surface area contributed by atoms with Gasteiger partial charge in [0.05, 0.1) is 12.5 Å². The number of rotatable bonds is 4. The molecule has 0 fully saturated rings. The first-order chi connectivity index (χ1) is 7.29. The van der Waals surface area contributed by atoms with E-state index in [-0.39, 0.29) is 6.04 Å². The van der Waals surface area contributed by atoms with E-state index < -0.39 is 18.6 Å². The molecule has 0 saturated carbocycles. The maximum atomic E-state index is 12.1. The average molecular weight is 236 g/mol. The van der Waals surface area contributed by atoms with Gasteiger partial charge in [0.15, 0.2) is 0 Å². The highest BCUT2D eigenvalue weighted by molar-refractivity contribution is 4.92. The Hall–Kier alpha value is -1.11. The number of aryl methyl sites for hydroxylation is 1. The van der Waals surface area contributed by atoms with Crippen LogP contribution in [0.2, 0.25) is 0 Å². The number of nitrogens with zero attached hydrogens (tertiary/aromatic N) is 3. The minimum Gasteiger partial charge on any atom is -0.319 e. The molecule has 0 aliphatic heterocycles. The number of nitrogens with one attached hydrogen (secondary N) is 1. The lowest BCUT2D eigenvalue weighted by Gasteiger charge is -2.20. The Bertz CT molecular complexity index is 334. The number of halogens is 3. The Labute approximate surface area is 91.9 Å². The van der Waals surface area contributed by atoms with Gasteiger partial charge in [-0.25, -0.2) is 0 Å². The minimum atomic E-state index is -4.15. The number of hydrogen-bond acceptors (Lipinski definition) is 3. The van der Waals surface area contributed by atoms with E-state index in [4.69, 9.17) is 0 Å². The molecule has 0 bridgehead atoms. The fourth-order valence-electron chi connectivity index (χ4n) is 1.59. The molecule has 1 aromatic rings. The summed E-state index contributed by atoms with van der Waals surface area (Å²) in [5.41, 5.74) is 0. The summed E-state index contributed by atoms with van der Waals surface area (Å²) in [4.78, 5) is 0. The first-order valence-electron chi connectivity index (χ1n) is 4.96. The second-order valence-electron chi connectivity index (χ2n) is 3.91. The molecule has 2 unspecified atom stereocenters. The summed E-state index contributed by atoms with van der Waals surface area (Å²) in [5.74, 6) is 0.619. The fourth-order valence-corrected chi connectivity index (χ4v) is 1.59. The van der Waals surface area contributed by atoms with E-state index in [2.05, 4.69) is 15.5 Å². The van der Waals surface area contributed by atoms with Crippen LogP contribution in [0.25, 0.3) is 0 Å². The highest BCUT2D eigenvalue weighted by Gasteiger charge is 2.30. The van der Waals surface area contributed by atoms with Gasteiger partial charge in [0, 0.05) is 13.1 Å². The van der Waals surface area contributed by atoms with Gasteiger partial charge in [0.25, 0.3) is 0 Å². The molecule has 1 aromatic heterocycles. The van der Waals surface area contributed by atoms with Gasteiger partial charge in [0.1, 0.15) is 12.2 Å². The third kappa shape index (κ3) is 3.80. The highest BCUT2D eigenvalue weighted by Crippen LogP contribution is 2.22. The van der Waals surface area contributed by atoms with Crippen LogP contribution in [-0.4, -0.2) is 27.0 Å². The van der Waals surface area contributed by atoms with Gasteiger partial charge >= 0.3 is 6.18 Å². The van der Waals surface area contributed by atoms with Gasteiger partial charge in [-0.3, -0.25) is 0 Å². The van der Waals surface area contributed by atoms with Crippen LogP contribution in [0, 0.1) is 0 Å². The van der Waals surface area contributed by atoms with E-state index >= 15 is 0 Å². The van der Waals surface area contributed by atoms with Crippen LogP contribution in [0.3, 0.4) is 0 Å². The Morgan fingerprint density at radius 3 is 2.50 bits per heavy atom. The first kappa shape index (κ1) is 13.0. The van der Waals surface area contributed by atoms with Crippen molar-refractivity contribution in [3.63, 3.8) is 0 Å². The van der Waals surface area contributed by atoms with Crippen molar-refractivity contribution in [1.29, 1.82) is 0 Å². The molecule has 0 saturated heterocycles. The van der Waals surface area contributed by atoms with Gasteiger partial charge in [-0.1, -0.05) is 0 Å². The van der Waals surface area contributed by atoms with Crippen molar-refractivity contribution in [3.05, 3.63) is 12.2 Å². The predicted molar refractivity (Wildman–Crippen MR) is 52.7 cm³/mol. The topological polar surface area (TPSA) is 42.7 Å². The van der Waals surface area contributed by atoms with E-state index in [0.717, 1.165) is 0 Å². The van der Waals surface area contributed by atoms with Crippen molar-refractivity contribution in [3.8, 4) is 0 Å². The smallest absolute Gasteiger partial charge is 0.319 e. The average Bonchev–Trinajstić information content (AvgIpc) is 2.47. The van der Waals surface area contributed by atoms with Gasteiger partial charge in [-0.05, 0) is 13.8 Å². The van der Waals surface area contributed by atoms with Gasteiger partial charge in [-0.15, -0.1) is 10.2 Å². The number of alkyl halides is 3. The van der Waals surface area contributed by atoms with Crippen molar-refractivity contribution in [2.75, 3.05) is 0 Å². The summed E-state index contributed by atoms with van der Waals surface area (Å²) in [7, 11) is 1.75. The molecule has 92 valence electrons. The standard InChI is InChI=1S/C9H15F3N4/c1-6(4-9(10,11)12)14-7(2)8-15-13-5-16(8)3/h5-7,14H,4H2,1-3H3. The predicted octanol–water partition coefficient (Wildman–Crippen LogP) is 1.81. The lowest BCUT2D eigenvalue weighted by Crippen LogP contribution is -2.34. The molecule has 0 aliphatic carbocycles. The van der Waals surface area contributed by atoms with Crippen LogP contribution in [0.1, 0.15) is 32.1 Å². The van der Waals surface area contributed by atoms with Crippen LogP contribution in [0.4, 0.5) is 13.2 Å². The molecule has 0 aromatic carbocycles. The molecule has 7 heteroatoms. The van der Waals surface area contributed by atoms with Gasteiger partial charge in [-0.2, -0.15) is 13.2 Å². The van der Waals surface area contributed by atoms with Crippen molar-refractivity contribution in [2.45, 2.75) is 38.5 Å². The lowest BCUT2D eigenvalue weighted by molar-refractivity contribution is -0.139. The monoisotopic (exact) mass is 236 g/mol. The second-order valence-corrected chi connectivity index (χ2v) is 3.91. The third-order valence-corrected chi connectivity index (χ3v) is 2.21. The summed E-state index contributed by atoms with van der Waals surface area (Å²) in [5, 5.41) is 10.3. The molecule has 1 heterocycles. The summed E-state index contributed by atoms with van der Waals surface area (Å²) in [6, 6.07) is -0.906. The quantitative estimate of drug-likeness (QED) is 0.866. The molecule has 0 radical (unpaired) electrons. The van der Waals surface area contributed by atoms with Gasteiger partial charge in [0.2, 0.25) is 0 Å². The van der Waals surface area contributed by atoms with Crippen LogP contribution in [0.5, 0.6) is 0 Å². The number of hydrogen-bond donors (Lipinski definition) is 1. The zero-order valence-electron chi connectivity index (χ0n) is 9.41. The van der Waals surface area contributed by atoms with Crippen molar-refractivity contribution >= 4 is 0 Å². The highest BCUT2D eigenvalue weighted by atomic mass is 19.4. The molecular weight excluding hydrogens is 221 g/mol. The van der Waals surface area contributed by atoms with Gasteiger partial charge < -0.3 is 9.88 Å². The van der Waals surface area contributed by atoms with E-state index in [1.807, 2.05) is 0 Å². The normalized spacial score (nSPS) is 16.1. The summed E-state index contributed by atoms with van der Waals surface area (Å²) >= 11 is 0. The minimum absolute atomic E-state index is 0.259. The SMILES string of the molecule is CC(CC(F)(F)F)NC(C)c1nncn1C. The first-order valence-corrected chi connectivity index (χ1v) is 4.96. The molecule has 1 N–H and O–H groups in total. The summed E-state index contributed by atoms with van der Waals surface area (Å²) in [6.45, 7) is 3.26. The molecule has 0 spiro atoms. The zero-order valence-corrected chi connectivity index (χ0v) is 9.41. The molecule has 0 aliphatic rings. The molecule has 2 atom stereocenters. The maximum Gasteiger partial charge on any atom is 0.390 e. The van der Waals surface area contributed by atoms with E-state index in [1.54, 1.807) is 18.5 Å². The zero-order chi connectivity index (χ0) is 12.3. The Morgan fingerprint density at radius 2 is 2.06 bits per heavy atom. The lowest BCUT2D eigenvalue weighted by atomic mass is 10.2. The third-order valence-electron chi connectivity index (χ3n) is 2.21. The second kappa shape index (κ2) is 4.82. The fraction of sp³-hybridized carbons (Fsp3) is 0.778.